The van der Waals surface area contributed by atoms with Gasteiger partial charge in [-0.05, 0) is 36.4 Å². The van der Waals surface area contributed by atoms with Gasteiger partial charge in [0.25, 0.3) is 5.91 Å². The first-order chi connectivity index (χ1) is 11.1. The van der Waals surface area contributed by atoms with Crippen molar-refractivity contribution >= 4 is 40.5 Å². The molecule has 0 unspecified atom stereocenters. The number of amides is 1. The van der Waals surface area contributed by atoms with Crippen LogP contribution >= 0.6 is 23.2 Å². The zero-order valence-corrected chi connectivity index (χ0v) is 13.8. The van der Waals surface area contributed by atoms with Gasteiger partial charge in [-0.2, -0.15) is 0 Å². The maximum Gasteiger partial charge on any atom is 0.275 e. The first-order valence-corrected chi connectivity index (χ1v) is 7.95. The van der Waals surface area contributed by atoms with E-state index < -0.39 is 5.91 Å². The molecule has 5 nitrogen and oxygen atoms in total. The van der Waals surface area contributed by atoms with Crippen LogP contribution in [0.2, 0.25) is 10.2 Å². The quantitative estimate of drug-likeness (QED) is 0.860. The third-order valence-corrected chi connectivity index (χ3v) is 4.04. The SMILES string of the molecule is O=C(Nc1ccc(N2CCOCC2)cc1)c1nc(Cl)ccc1Cl. The molecular formula is C16H15Cl2N3O2. The standard InChI is InChI=1S/C16H15Cl2N3O2/c17-13-5-6-14(18)20-15(13)16(22)19-11-1-3-12(4-2-11)21-7-9-23-10-8-21/h1-6H,7-10H2,(H,19,22). The van der Waals surface area contributed by atoms with Gasteiger partial charge in [0.15, 0.2) is 0 Å². The zero-order valence-electron chi connectivity index (χ0n) is 12.3. The van der Waals surface area contributed by atoms with Crippen LogP contribution in [0.4, 0.5) is 11.4 Å². The van der Waals surface area contributed by atoms with Gasteiger partial charge in [0.05, 0.1) is 18.2 Å². The number of aromatic nitrogens is 1. The Morgan fingerprint density at radius 3 is 2.48 bits per heavy atom. The number of hydrogen-bond acceptors (Lipinski definition) is 4. The number of nitrogens with one attached hydrogen (secondary N) is 1. The van der Waals surface area contributed by atoms with Crippen molar-refractivity contribution in [1.82, 2.24) is 4.98 Å². The molecule has 0 aliphatic carbocycles. The smallest absolute Gasteiger partial charge is 0.275 e. The van der Waals surface area contributed by atoms with E-state index in [-0.39, 0.29) is 15.9 Å². The number of morpholine rings is 1. The highest BCUT2D eigenvalue weighted by atomic mass is 35.5. The van der Waals surface area contributed by atoms with Gasteiger partial charge in [-0.1, -0.05) is 23.2 Å². The molecule has 3 rings (SSSR count). The second-order valence-electron chi connectivity index (χ2n) is 5.06. The van der Waals surface area contributed by atoms with Crippen molar-refractivity contribution in [3.05, 3.63) is 52.3 Å². The highest BCUT2D eigenvalue weighted by Crippen LogP contribution is 2.21. The van der Waals surface area contributed by atoms with Gasteiger partial charge in [-0.3, -0.25) is 4.79 Å². The number of pyridine rings is 1. The Morgan fingerprint density at radius 1 is 1.09 bits per heavy atom. The van der Waals surface area contributed by atoms with Crippen LogP contribution in [-0.2, 0) is 4.74 Å². The van der Waals surface area contributed by atoms with Gasteiger partial charge in [0, 0.05) is 24.5 Å². The first-order valence-electron chi connectivity index (χ1n) is 7.19. The minimum Gasteiger partial charge on any atom is -0.378 e. The van der Waals surface area contributed by atoms with Gasteiger partial charge in [0.1, 0.15) is 10.8 Å². The first kappa shape index (κ1) is 16.1. The molecule has 0 atom stereocenters. The molecule has 1 fully saturated rings. The largest absolute Gasteiger partial charge is 0.378 e. The van der Waals surface area contributed by atoms with E-state index in [1.54, 1.807) is 6.07 Å². The lowest BCUT2D eigenvalue weighted by molar-refractivity contribution is 0.102. The Hall–Kier alpha value is -1.82. The van der Waals surface area contributed by atoms with E-state index in [1.807, 2.05) is 24.3 Å². The average Bonchev–Trinajstić information content (AvgIpc) is 2.58. The molecule has 1 aliphatic heterocycles. The Kier molecular flexibility index (Phi) is 5.00. The van der Waals surface area contributed by atoms with Crippen LogP contribution in [0.15, 0.2) is 36.4 Å². The van der Waals surface area contributed by atoms with Crippen LogP contribution in [0.1, 0.15) is 10.5 Å². The van der Waals surface area contributed by atoms with Crippen LogP contribution in [0.25, 0.3) is 0 Å². The van der Waals surface area contributed by atoms with E-state index in [9.17, 15) is 4.79 Å². The summed E-state index contributed by atoms with van der Waals surface area (Å²) in [5.41, 5.74) is 1.88. The number of hydrogen-bond donors (Lipinski definition) is 1. The van der Waals surface area contributed by atoms with Crippen molar-refractivity contribution in [1.29, 1.82) is 0 Å². The number of halogens is 2. The molecule has 1 N–H and O–H groups in total. The van der Waals surface area contributed by atoms with Crippen molar-refractivity contribution in [2.24, 2.45) is 0 Å². The lowest BCUT2D eigenvalue weighted by Crippen LogP contribution is -2.36. The minimum atomic E-state index is -0.392. The van der Waals surface area contributed by atoms with E-state index >= 15 is 0 Å². The molecule has 1 aliphatic rings. The molecule has 1 amide bonds. The maximum absolute atomic E-state index is 12.2. The predicted octanol–water partition coefficient (Wildman–Crippen LogP) is 3.48. The average molecular weight is 352 g/mol. The van der Waals surface area contributed by atoms with Crippen molar-refractivity contribution in [3.8, 4) is 0 Å². The van der Waals surface area contributed by atoms with Crippen molar-refractivity contribution in [2.45, 2.75) is 0 Å². The van der Waals surface area contributed by atoms with E-state index in [2.05, 4.69) is 15.2 Å². The minimum absolute atomic E-state index is 0.108. The molecule has 2 heterocycles. The Labute approximate surface area is 144 Å². The lowest BCUT2D eigenvalue weighted by atomic mass is 10.2. The summed E-state index contributed by atoms with van der Waals surface area (Å²) in [6, 6.07) is 10.7. The van der Waals surface area contributed by atoms with Crippen LogP contribution < -0.4 is 10.2 Å². The van der Waals surface area contributed by atoms with Gasteiger partial charge < -0.3 is 15.0 Å². The van der Waals surface area contributed by atoms with E-state index in [1.165, 1.54) is 6.07 Å². The fourth-order valence-electron chi connectivity index (χ4n) is 2.34. The number of carbonyl (C=O) groups is 1. The van der Waals surface area contributed by atoms with Crippen LogP contribution in [-0.4, -0.2) is 37.2 Å². The molecule has 120 valence electrons. The topological polar surface area (TPSA) is 54.5 Å². The highest BCUT2D eigenvalue weighted by Gasteiger charge is 2.14. The van der Waals surface area contributed by atoms with Crippen LogP contribution in [0.5, 0.6) is 0 Å². The fourth-order valence-corrected chi connectivity index (χ4v) is 2.68. The van der Waals surface area contributed by atoms with Crippen LogP contribution in [0.3, 0.4) is 0 Å². The van der Waals surface area contributed by atoms with Crippen molar-refractivity contribution in [3.63, 3.8) is 0 Å². The molecule has 1 aromatic heterocycles. The fraction of sp³-hybridized carbons (Fsp3) is 0.250. The van der Waals surface area contributed by atoms with Gasteiger partial charge in [-0.15, -0.1) is 0 Å². The number of carbonyl (C=O) groups excluding carboxylic acids is 1. The summed E-state index contributed by atoms with van der Waals surface area (Å²) < 4.78 is 5.34. The second-order valence-corrected chi connectivity index (χ2v) is 5.86. The molecule has 0 saturated carbocycles. The Bertz CT molecular complexity index is 701. The Morgan fingerprint density at radius 2 is 1.78 bits per heavy atom. The highest BCUT2D eigenvalue weighted by molar-refractivity contribution is 6.35. The van der Waals surface area contributed by atoms with E-state index in [0.717, 1.165) is 32.0 Å². The van der Waals surface area contributed by atoms with E-state index in [4.69, 9.17) is 27.9 Å². The zero-order chi connectivity index (χ0) is 16.2. The van der Waals surface area contributed by atoms with Crippen molar-refractivity contribution in [2.75, 3.05) is 36.5 Å². The third kappa shape index (κ3) is 3.93. The summed E-state index contributed by atoms with van der Waals surface area (Å²) in [4.78, 5) is 18.4. The monoisotopic (exact) mass is 351 g/mol. The number of ether oxygens (including phenoxy) is 1. The summed E-state index contributed by atoms with van der Waals surface area (Å²) in [5.74, 6) is -0.392. The summed E-state index contributed by atoms with van der Waals surface area (Å²) in [6.45, 7) is 3.20. The maximum atomic E-state index is 12.2. The second kappa shape index (κ2) is 7.17. The number of nitrogens with zero attached hydrogens (tertiary/aromatic N) is 2. The predicted molar refractivity (Wildman–Crippen MR) is 91.7 cm³/mol. The molecular weight excluding hydrogens is 337 g/mol. The number of anilines is 2. The normalized spacial score (nSPS) is 14.6. The molecule has 1 saturated heterocycles. The summed E-state index contributed by atoms with van der Waals surface area (Å²) in [7, 11) is 0. The van der Waals surface area contributed by atoms with E-state index in [0.29, 0.717) is 5.69 Å². The number of rotatable bonds is 3. The van der Waals surface area contributed by atoms with Gasteiger partial charge in [0.2, 0.25) is 0 Å². The lowest BCUT2D eigenvalue weighted by Gasteiger charge is -2.28. The molecule has 0 spiro atoms. The summed E-state index contributed by atoms with van der Waals surface area (Å²) in [5, 5.41) is 3.25. The molecule has 23 heavy (non-hydrogen) atoms. The summed E-state index contributed by atoms with van der Waals surface area (Å²) >= 11 is 11.8. The molecule has 0 radical (unpaired) electrons. The van der Waals surface area contributed by atoms with Crippen LogP contribution in [0, 0.1) is 0 Å². The van der Waals surface area contributed by atoms with Crippen molar-refractivity contribution < 1.29 is 9.53 Å². The molecule has 2 aromatic rings. The number of benzene rings is 1. The Balaban J connectivity index is 1.70. The van der Waals surface area contributed by atoms with Gasteiger partial charge >= 0.3 is 0 Å². The summed E-state index contributed by atoms with van der Waals surface area (Å²) in [6.07, 6.45) is 0. The molecule has 0 bridgehead atoms. The molecule has 7 heteroatoms. The third-order valence-electron chi connectivity index (χ3n) is 3.53. The van der Waals surface area contributed by atoms with Gasteiger partial charge in [-0.25, -0.2) is 4.98 Å². The molecule has 1 aromatic carbocycles.